The number of rotatable bonds is 3. The fourth-order valence-electron chi connectivity index (χ4n) is 0.971. The van der Waals surface area contributed by atoms with Crippen LogP contribution < -0.4 is 0 Å². The summed E-state index contributed by atoms with van der Waals surface area (Å²) in [5.74, 6) is -0.224. The average Bonchev–Trinajstić information content (AvgIpc) is 2.11. The summed E-state index contributed by atoms with van der Waals surface area (Å²) in [6.45, 7) is 0.420. The van der Waals surface area contributed by atoms with E-state index in [1.165, 1.54) is 6.07 Å². The molecule has 0 amide bonds. The number of halogens is 2. The molecule has 0 heterocycles. The molecule has 0 unspecified atom stereocenters. The van der Waals surface area contributed by atoms with Gasteiger partial charge < -0.3 is 4.84 Å². The van der Waals surface area contributed by atoms with E-state index in [0.717, 1.165) is 4.47 Å². The van der Waals surface area contributed by atoms with Crippen LogP contribution in [0.2, 0.25) is 0 Å². The van der Waals surface area contributed by atoms with Crippen molar-refractivity contribution in [2.24, 2.45) is 0 Å². The Bertz CT molecular complexity index is 273. The Morgan fingerprint density at radius 1 is 1.54 bits per heavy atom. The summed E-state index contributed by atoms with van der Waals surface area (Å²) in [5, 5.41) is 1.56. The standard InChI is InChI=1S/C9H11BrFNO/c1-12(13-2)6-7-8(10)4-3-5-9(7)11/h3-5H,6H2,1-2H3. The molecule has 0 N–H and O–H groups in total. The lowest BCUT2D eigenvalue weighted by Gasteiger charge is -2.14. The quantitative estimate of drug-likeness (QED) is 0.762. The van der Waals surface area contributed by atoms with Crippen LogP contribution in [0.15, 0.2) is 22.7 Å². The molecule has 0 radical (unpaired) electrons. The predicted molar refractivity (Wildman–Crippen MR) is 52.6 cm³/mol. The second-order valence-electron chi connectivity index (χ2n) is 2.67. The van der Waals surface area contributed by atoms with Crippen molar-refractivity contribution in [3.8, 4) is 0 Å². The summed E-state index contributed by atoms with van der Waals surface area (Å²) in [6, 6.07) is 4.90. The van der Waals surface area contributed by atoms with Crippen molar-refractivity contribution in [1.29, 1.82) is 0 Å². The lowest BCUT2D eigenvalue weighted by Crippen LogP contribution is -2.17. The van der Waals surface area contributed by atoms with Crippen molar-refractivity contribution < 1.29 is 9.23 Å². The monoisotopic (exact) mass is 247 g/mol. The minimum atomic E-state index is -0.224. The Hall–Kier alpha value is -0.450. The van der Waals surface area contributed by atoms with E-state index in [1.54, 1.807) is 25.3 Å². The van der Waals surface area contributed by atoms with Gasteiger partial charge in [0.2, 0.25) is 0 Å². The lowest BCUT2D eigenvalue weighted by molar-refractivity contribution is -0.117. The van der Waals surface area contributed by atoms with E-state index >= 15 is 0 Å². The third-order valence-corrected chi connectivity index (χ3v) is 2.50. The second-order valence-corrected chi connectivity index (χ2v) is 3.52. The van der Waals surface area contributed by atoms with Crippen LogP contribution in [-0.2, 0) is 11.4 Å². The van der Waals surface area contributed by atoms with Gasteiger partial charge >= 0.3 is 0 Å². The fourth-order valence-corrected chi connectivity index (χ4v) is 1.44. The van der Waals surface area contributed by atoms with Crippen LogP contribution in [0, 0.1) is 5.82 Å². The topological polar surface area (TPSA) is 12.5 Å². The molecule has 0 bridgehead atoms. The molecular formula is C9H11BrFNO. The molecule has 0 aliphatic carbocycles. The van der Waals surface area contributed by atoms with Crippen LogP contribution in [0.25, 0.3) is 0 Å². The van der Waals surface area contributed by atoms with Gasteiger partial charge in [-0.05, 0) is 12.1 Å². The summed E-state index contributed by atoms with van der Waals surface area (Å²) in [5.41, 5.74) is 0.604. The minimum absolute atomic E-state index is 0.224. The zero-order valence-corrected chi connectivity index (χ0v) is 9.14. The summed E-state index contributed by atoms with van der Waals surface area (Å²) in [4.78, 5) is 4.91. The molecule has 13 heavy (non-hydrogen) atoms. The zero-order valence-electron chi connectivity index (χ0n) is 7.55. The fraction of sp³-hybridized carbons (Fsp3) is 0.333. The molecule has 1 aromatic carbocycles. The minimum Gasteiger partial charge on any atom is -0.302 e. The van der Waals surface area contributed by atoms with Crippen LogP contribution in [0.1, 0.15) is 5.56 Å². The molecule has 0 spiro atoms. The van der Waals surface area contributed by atoms with E-state index in [0.29, 0.717) is 12.1 Å². The Balaban J connectivity index is 2.87. The molecule has 0 aliphatic heterocycles. The Kier molecular flexibility index (Phi) is 3.84. The van der Waals surface area contributed by atoms with E-state index in [1.807, 2.05) is 6.07 Å². The summed E-state index contributed by atoms with van der Waals surface area (Å²) >= 11 is 3.28. The van der Waals surface area contributed by atoms with E-state index in [4.69, 9.17) is 4.84 Å². The highest BCUT2D eigenvalue weighted by Gasteiger charge is 2.08. The highest BCUT2D eigenvalue weighted by atomic mass is 79.9. The highest BCUT2D eigenvalue weighted by Crippen LogP contribution is 2.20. The summed E-state index contributed by atoms with van der Waals surface area (Å²) in [6.07, 6.45) is 0. The van der Waals surface area contributed by atoms with Crippen LogP contribution in [0.3, 0.4) is 0 Å². The Labute approximate surface area is 85.4 Å². The van der Waals surface area contributed by atoms with Gasteiger partial charge in [-0.1, -0.05) is 22.0 Å². The molecule has 0 saturated carbocycles. The van der Waals surface area contributed by atoms with E-state index in [9.17, 15) is 4.39 Å². The van der Waals surface area contributed by atoms with Gasteiger partial charge in [-0.25, -0.2) is 4.39 Å². The molecule has 1 rings (SSSR count). The first kappa shape index (κ1) is 10.6. The van der Waals surface area contributed by atoms with Crippen LogP contribution in [-0.4, -0.2) is 19.2 Å². The molecule has 1 aromatic rings. The smallest absolute Gasteiger partial charge is 0.128 e. The van der Waals surface area contributed by atoms with Crippen molar-refractivity contribution in [3.05, 3.63) is 34.1 Å². The Morgan fingerprint density at radius 3 is 2.77 bits per heavy atom. The lowest BCUT2D eigenvalue weighted by atomic mass is 10.2. The highest BCUT2D eigenvalue weighted by molar-refractivity contribution is 9.10. The molecular weight excluding hydrogens is 237 g/mol. The van der Waals surface area contributed by atoms with Crippen molar-refractivity contribution in [2.45, 2.75) is 6.54 Å². The van der Waals surface area contributed by atoms with Crippen molar-refractivity contribution in [1.82, 2.24) is 5.06 Å². The molecule has 0 atom stereocenters. The first-order valence-electron chi connectivity index (χ1n) is 3.83. The van der Waals surface area contributed by atoms with Gasteiger partial charge in [0.05, 0.1) is 13.7 Å². The maximum absolute atomic E-state index is 13.2. The first-order chi connectivity index (χ1) is 6.15. The number of nitrogens with zero attached hydrogens (tertiary/aromatic N) is 1. The van der Waals surface area contributed by atoms with Gasteiger partial charge in [0.15, 0.2) is 0 Å². The van der Waals surface area contributed by atoms with Gasteiger partial charge in [-0.3, -0.25) is 0 Å². The average molecular weight is 248 g/mol. The maximum Gasteiger partial charge on any atom is 0.128 e. The second kappa shape index (κ2) is 4.69. The van der Waals surface area contributed by atoms with Crippen LogP contribution in [0.5, 0.6) is 0 Å². The third-order valence-electron chi connectivity index (χ3n) is 1.75. The molecule has 4 heteroatoms. The van der Waals surface area contributed by atoms with Gasteiger partial charge in [0.25, 0.3) is 0 Å². The molecule has 0 aromatic heterocycles. The van der Waals surface area contributed by atoms with Gasteiger partial charge in [0.1, 0.15) is 5.82 Å². The van der Waals surface area contributed by atoms with Gasteiger partial charge in [-0.2, -0.15) is 5.06 Å². The van der Waals surface area contributed by atoms with Crippen molar-refractivity contribution >= 4 is 15.9 Å². The molecule has 2 nitrogen and oxygen atoms in total. The number of benzene rings is 1. The van der Waals surface area contributed by atoms with E-state index < -0.39 is 0 Å². The predicted octanol–water partition coefficient (Wildman–Crippen LogP) is 2.58. The summed E-state index contributed by atoms with van der Waals surface area (Å²) in [7, 11) is 3.30. The van der Waals surface area contributed by atoms with Crippen molar-refractivity contribution in [3.63, 3.8) is 0 Å². The molecule has 0 saturated heterocycles. The number of hydroxylamine groups is 2. The third kappa shape index (κ3) is 2.76. The van der Waals surface area contributed by atoms with Crippen molar-refractivity contribution in [2.75, 3.05) is 14.2 Å². The van der Waals surface area contributed by atoms with E-state index in [-0.39, 0.29) is 5.82 Å². The Morgan fingerprint density at radius 2 is 2.23 bits per heavy atom. The summed E-state index contributed by atoms with van der Waals surface area (Å²) < 4.78 is 14.0. The SMILES string of the molecule is CON(C)Cc1c(F)cccc1Br. The molecule has 0 fully saturated rings. The maximum atomic E-state index is 13.2. The normalized spacial score (nSPS) is 10.8. The molecule has 0 aliphatic rings. The first-order valence-corrected chi connectivity index (χ1v) is 4.62. The van der Waals surface area contributed by atoms with Gasteiger partial charge in [0, 0.05) is 17.1 Å². The van der Waals surface area contributed by atoms with Crippen LogP contribution >= 0.6 is 15.9 Å². The zero-order chi connectivity index (χ0) is 9.84. The van der Waals surface area contributed by atoms with Crippen LogP contribution in [0.4, 0.5) is 4.39 Å². The number of hydrogen-bond acceptors (Lipinski definition) is 2. The molecule has 72 valence electrons. The van der Waals surface area contributed by atoms with E-state index in [2.05, 4.69) is 15.9 Å². The number of hydrogen-bond donors (Lipinski definition) is 0. The van der Waals surface area contributed by atoms with Gasteiger partial charge in [-0.15, -0.1) is 0 Å². The largest absolute Gasteiger partial charge is 0.302 e.